The van der Waals surface area contributed by atoms with Crippen LogP contribution in [0.2, 0.25) is 10.0 Å². The van der Waals surface area contributed by atoms with Gasteiger partial charge in [-0.25, -0.2) is 0 Å². The van der Waals surface area contributed by atoms with Gasteiger partial charge in [0.1, 0.15) is 18.1 Å². The van der Waals surface area contributed by atoms with Gasteiger partial charge in [0.25, 0.3) is 0 Å². The van der Waals surface area contributed by atoms with Crippen molar-refractivity contribution in [1.29, 1.82) is 0 Å². The van der Waals surface area contributed by atoms with Gasteiger partial charge in [0.15, 0.2) is 0 Å². The van der Waals surface area contributed by atoms with E-state index in [4.69, 9.17) is 37.8 Å². The molecule has 2 aliphatic rings. The van der Waals surface area contributed by atoms with Gasteiger partial charge < -0.3 is 14.6 Å². The summed E-state index contributed by atoms with van der Waals surface area (Å²) >= 11 is 12.8. The average Bonchev–Trinajstić information content (AvgIpc) is 3.07. The lowest BCUT2D eigenvalue weighted by molar-refractivity contribution is -0.138. The molecule has 2 heterocycles. The molecule has 0 aliphatic carbocycles. The molecule has 2 aromatic rings. The Hall–Kier alpha value is -1.66. The summed E-state index contributed by atoms with van der Waals surface area (Å²) in [7, 11) is 0. The molecule has 4 rings (SSSR count). The summed E-state index contributed by atoms with van der Waals surface area (Å²) in [5, 5.41) is 10.3. The van der Waals surface area contributed by atoms with E-state index in [1.165, 1.54) is 5.56 Å². The molecule has 1 saturated heterocycles. The number of hydrogen-bond acceptors (Lipinski definition) is 4. The van der Waals surface area contributed by atoms with Crippen LogP contribution in [0.3, 0.4) is 0 Å². The molecule has 31 heavy (non-hydrogen) atoms. The number of benzene rings is 2. The van der Waals surface area contributed by atoms with Crippen molar-refractivity contribution in [3.8, 4) is 11.5 Å². The molecular weight excluding hydrogens is 461 g/mol. The van der Waals surface area contributed by atoms with Crippen LogP contribution in [0.4, 0.5) is 0 Å². The van der Waals surface area contributed by atoms with Crippen LogP contribution < -0.4 is 9.47 Å². The summed E-state index contributed by atoms with van der Waals surface area (Å²) in [6, 6.07) is 9.77. The summed E-state index contributed by atoms with van der Waals surface area (Å²) < 4.78 is 12.0. The molecule has 0 bridgehead atoms. The highest BCUT2D eigenvalue weighted by Gasteiger charge is 2.43. The van der Waals surface area contributed by atoms with Gasteiger partial charge >= 0.3 is 5.97 Å². The van der Waals surface area contributed by atoms with Crippen LogP contribution in [0.1, 0.15) is 36.5 Å². The summed E-state index contributed by atoms with van der Waals surface area (Å²) in [6.45, 7) is 4.60. The van der Waals surface area contributed by atoms with Crippen LogP contribution in [-0.2, 0) is 23.2 Å². The molecule has 0 radical (unpaired) electrons. The number of ether oxygens (including phenoxy) is 2. The Bertz CT molecular complexity index is 958. The lowest BCUT2D eigenvalue weighted by Crippen LogP contribution is -2.45. The minimum Gasteiger partial charge on any atom is -0.492 e. The van der Waals surface area contributed by atoms with Gasteiger partial charge in [0.2, 0.25) is 0 Å². The molecule has 0 amide bonds. The number of aryl methyl sites for hydroxylation is 1. The van der Waals surface area contributed by atoms with E-state index in [-0.39, 0.29) is 24.4 Å². The fourth-order valence-corrected chi connectivity index (χ4v) is 5.01. The van der Waals surface area contributed by atoms with E-state index in [2.05, 4.69) is 13.0 Å². The molecule has 0 saturated carbocycles. The van der Waals surface area contributed by atoms with E-state index in [0.29, 0.717) is 29.0 Å². The lowest BCUT2D eigenvalue weighted by Gasteiger charge is -2.37. The Kier molecular flexibility index (Phi) is 7.63. The standard InChI is InChI=1S/C23H25Cl2NO4.ClH/c1-2-15-3-6-19(24)17(22(15)25)13-29-16-4-5-18-20(11-16)30-14-23(18)7-9-26(10-8-23)12-21(27)28;/h3-6,11H,2,7-10,12-14H2,1H3,(H,27,28);1H. The van der Waals surface area contributed by atoms with Gasteiger partial charge in [-0.15, -0.1) is 12.4 Å². The topological polar surface area (TPSA) is 59.0 Å². The van der Waals surface area contributed by atoms with Gasteiger partial charge in [0.05, 0.1) is 18.2 Å². The zero-order valence-electron chi connectivity index (χ0n) is 17.3. The van der Waals surface area contributed by atoms with Gasteiger partial charge in [-0.3, -0.25) is 9.69 Å². The van der Waals surface area contributed by atoms with E-state index in [1.54, 1.807) is 0 Å². The highest BCUT2D eigenvalue weighted by molar-refractivity contribution is 6.36. The molecule has 1 fully saturated rings. The first-order valence-electron chi connectivity index (χ1n) is 10.2. The first kappa shape index (κ1) is 24.0. The average molecular weight is 487 g/mol. The van der Waals surface area contributed by atoms with Crippen LogP contribution >= 0.6 is 35.6 Å². The zero-order valence-corrected chi connectivity index (χ0v) is 19.7. The minimum absolute atomic E-state index is 0. The first-order valence-corrected chi connectivity index (χ1v) is 11.0. The Morgan fingerprint density at radius 2 is 1.97 bits per heavy atom. The predicted octanol–water partition coefficient (Wildman–Crippen LogP) is 5.37. The monoisotopic (exact) mass is 485 g/mol. The molecule has 1 spiro atoms. The fourth-order valence-electron chi connectivity index (χ4n) is 4.39. The van der Waals surface area contributed by atoms with Crippen LogP contribution in [0.15, 0.2) is 30.3 Å². The number of nitrogens with zero attached hydrogens (tertiary/aromatic N) is 1. The van der Waals surface area contributed by atoms with Crippen LogP contribution in [0.25, 0.3) is 0 Å². The molecule has 8 heteroatoms. The third-order valence-electron chi connectivity index (χ3n) is 6.23. The number of carbonyl (C=O) groups is 1. The highest BCUT2D eigenvalue weighted by Crippen LogP contribution is 2.46. The third-order valence-corrected chi connectivity index (χ3v) is 7.06. The van der Waals surface area contributed by atoms with Crippen molar-refractivity contribution < 1.29 is 19.4 Å². The molecule has 1 N–H and O–H groups in total. The van der Waals surface area contributed by atoms with E-state index in [9.17, 15) is 4.79 Å². The van der Waals surface area contributed by atoms with Crippen molar-refractivity contribution in [2.75, 3.05) is 26.2 Å². The van der Waals surface area contributed by atoms with Gasteiger partial charge in [-0.05, 0) is 50.0 Å². The Morgan fingerprint density at radius 3 is 2.65 bits per heavy atom. The smallest absolute Gasteiger partial charge is 0.317 e. The molecule has 168 valence electrons. The van der Waals surface area contributed by atoms with E-state index in [0.717, 1.165) is 49.2 Å². The normalized spacial score (nSPS) is 17.0. The van der Waals surface area contributed by atoms with Crippen molar-refractivity contribution in [2.45, 2.75) is 38.2 Å². The number of likely N-dealkylation sites (tertiary alicyclic amines) is 1. The van der Waals surface area contributed by atoms with E-state index >= 15 is 0 Å². The van der Waals surface area contributed by atoms with Crippen LogP contribution in [0, 0.1) is 0 Å². The maximum Gasteiger partial charge on any atom is 0.317 e. The third kappa shape index (κ3) is 4.90. The Labute approximate surface area is 198 Å². The van der Waals surface area contributed by atoms with Crippen molar-refractivity contribution >= 4 is 41.6 Å². The summed E-state index contributed by atoms with van der Waals surface area (Å²) in [4.78, 5) is 12.9. The van der Waals surface area contributed by atoms with Crippen LogP contribution in [0.5, 0.6) is 11.5 Å². The second kappa shape index (κ2) is 9.86. The van der Waals surface area contributed by atoms with E-state index < -0.39 is 5.97 Å². The van der Waals surface area contributed by atoms with Gasteiger partial charge in [-0.2, -0.15) is 0 Å². The number of aliphatic carboxylic acids is 1. The molecule has 5 nitrogen and oxygen atoms in total. The lowest BCUT2D eigenvalue weighted by atomic mass is 9.74. The number of halogens is 3. The van der Waals surface area contributed by atoms with Gasteiger partial charge in [0, 0.05) is 27.6 Å². The largest absolute Gasteiger partial charge is 0.492 e. The summed E-state index contributed by atoms with van der Waals surface area (Å²) in [6.07, 6.45) is 2.62. The second-order valence-corrected chi connectivity index (χ2v) is 8.82. The quantitative estimate of drug-likeness (QED) is 0.595. The number of rotatable bonds is 6. The van der Waals surface area contributed by atoms with Gasteiger partial charge in [-0.1, -0.05) is 42.3 Å². The number of fused-ring (bicyclic) bond motifs is 2. The summed E-state index contributed by atoms with van der Waals surface area (Å²) in [5.74, 6) is 0.780. The molecule has 2 aromatic carbocycles. The predicted molar refractivity (Wildman–Crippen MR) is 124 cm³/mol. The number of carboxylic acids is 1. The maximum atomic E-state index is 11.0. The first-order chi connectivity index (χ1) is 14.4. The maximum absolute atomic E-state index is 11.0. The highest BCUT2D eigenvalue weighted by atomic mass is 35.5. The SMILES string of the molecule is CCc1ccc(Cl)c(COc2ccc3c(c2)OCC32CCN(CC(=O)O)CC2)c1Cl.Cl. The molecule has 0 aromatic heterocycles. The number of carboxylic acid groups (broad SMARTS) is 1. The molecular formula is C23H26Cl3NO4. The molecule has 0 atom stereocenters. The second-order valence-electron chi connectivity index (χ2n) is 8.04. The molecule has 2 aliphatic heterocycles. The Balaban J connectivity index is 0.00000272. The van der Waals surface area contributed by atoms with Crippen molar-refractivity contribution in [3.05, 3.63) is 57.1 Å². The van der Waals surface area contributed by atoms with Crippen LogP contribution in [-0.4, -0.2) is 42.2 Å². The van der Waals surface area contributed by atoms with Crippen molar-refractivity contribution in [2.24, 2.45) is 0 Å². The molecule has 0 unspecified atom stereocenters. The summed E-state index contributed by atoms with van der Waals surface area (Å²) in [5.41, 5.74) is 2.99. The Morgan fingerprint density at radius 1 is 1.23 bits per heavy atom. The number of hydrogen-bond donors (Lipinski definition) is 1. The van der Waals surface area contributed by atoms with E-state index in [1.807, 2.05) is 29.2 Å². The number of piperidine rings is 1. The minimum atomic E-state index is -0.777. The zero-order chi connectivity index (χ0) is 21.3. The van der Waals surface area contributed by atoms with Crippen molar-refractivity contribution in [3.63, 3.8) is 0 Å². The fraction of sp³-hybridized carbons (Fsp3) is 0.435. The van der Waals surface area contributed by atoms with Crippen molar-refractivity contribution in [1.82, 2.24) is 4.90 Å².